The van der Waals surface area contributed by atoms with E-state index in [1.165, 1.54) is 0 Å². The van der Waals surface area contributed by atoms with Gasteiger partial charge in [-0.25, -0.2) is 4.79 Å². The summed E-state index contributed by atoms with van der Waals surface area (Å²) in [4.78, 5) is 26.4. The largest absolute Gasteiger partial charge is 0.492 e. The summed E-state index contributed by atoms with van der Waals surface area (Å²) in [5.74, 6) is -2.18. The highest BCUT2D eigenvalue weighted by Crippen LogP contribution is 2.23. The lowest BCUT2D eigenvalue weighted by molar-refractivity contribution is 0.193. The molecule has 2 rings (SSSR count). The van der Waals surface area contributed by atoms with Crippen LogP contribution in [0.2, 0.25) is 0 Å². The number of H-pyrrole nitrogens is 1. The van der Waals surface area contributed by atoms with Gasteiger partial charge >= 0.3 is 5.69 Å². The fraction of sp³-hybridized carbons (Fsp3) is 0.600. The van der Waals surface area contributed by atoms with Crippen LogP contribution >= 0.6 is 0 Å². The van der Waals surface area contributed by atoms with Gasteiger partial charge in [-0.1, -0.05) is 0 Å². The number of rotatable bonds is 1. The van der Waals surface area contributed by atoms with Crippen LogP contribution in [0, 0.1) is 5.82 Å². The molecule has 0 radical (unpaired) electrons. The fourth-order valence-electron chi connectivity index (χ4n) is 2.20. The maximum atomic E-state index is 13.3. The highest BCUT2D eigenvalue weighted by atomic mass is 19.1. The van der Waals surface area contributed by atoms with Gasteiger partial charge in [0.2, 0.25) is 11.7 Å². The Morgan fingerprint density at radius 3 is 2.82 bits per heavy atom. The standard InChI is InChI=1S/C10H14FN3O3/c1-13-4-2-3-6(5-13)14-9(16)7(11)8(15)12-10(14)17/h6,16H,2-5H2,1H3,(H,12,15,17). The third-order valence-corrected chi connectivity index (χ3v) is 3.03. The van der Waals surface area contributed by atoms with Gasteiger partial charge in [0.15, 0.2) is 0 Å². The molecule has 0 spiro atoms. The van der Waals surface area contributed by atoms with E-state index in [9.17, 15) is 19.1 Å². The van der Waals surface area contributed by atoms with Gasteiger partial charge in [0.1, 0.15) is 0 Å². The van der Waals surface area contributed by atoms with Gasteiger partial charge in [-0.15, -0.1) is 0 Å². The van der Waals surface area contributed by atoms with Crippen molar-refractivity contribution in [3.05, 3.63) is 26.7 Å². The molecule has 1 aromatic heterocycles. The minimum Gasteiger partial charge on any atom is -0.492 e. The topological polar surface area (TPSA) is 78.3 Å². The normalized spacial score (nSPS) is 21.6. The van der Waals surface area contributed by atoms with Crippen LogP contribution in [0.5, 0.6) is 5.88 Å². The second kappa shape index (κ2) is 4.33. The molecule has 0 saturated carbocycles. The van der Waals surface area contributed by atoms with Gasteiger partial charge in [-0.05, 0) is 26.4 Å². The number of halogens is 1. The van der Waals surface area contributed by atoms with Gasteiger partial charge in [0.05, 0.1) is 6.04 Å². The first kappa shape index (κ1) is 11.8. The number of aromatic hydroxyl groups is 1. The molecular formula is C10H14FN3O3. The minimum absolute atomic E-state index is 0.312. The monoisotopic (exact) mass is 243 g/mol. The molecule has 2 heterocycles. The number of likely N-dealkylation sites (tertiary alicyclic amines) is 1. The van der Waals surface area contributed by atoms with Crippen LogP contribution in [0.3, 0.4) is 0 Å². The summed E-state index contributed by atoms with van der Waals surface area (Å²) in [5, 5.41) is 9.55. The Labute approximate surface area is 96.3 Å². The quantitative estimate of drug-likeness (QED) is 0.706. The molecule has 17 heavy (non-hydrogen) atoms. The van der Waals surface area contributed by atoms with Crippen LogP contribution in [0.25, 0.3) is 0 Å². The highest BCUT2D eigenvalue weighted by molar-refractivity contribution is 5.11. The van der Waals surface area contributed by atoms with E-state index in [1.54, 1.807) is 0 Å². The Morgan fingerprint density at radius 1 is 1.47 bits per heavy atom. The van der Waals surface area contributed by atoms with E-state index in [1.807, 2.05) is 16.9 Å². The van der Waals surface area contributed by atoms with Crippen LogP contribution in [0.1, 0.15) is 18.9 Å². The molecule has 2 N–H and O–H groups in total. The number of hydrogen-bond donors (Lipinski definition) is 2. The van der Waals surface area contributed by atoms with E-state index in [0.717, 1.165) is 17.5 Å². The van der Waals surface area contributed by atoms with Crippen LogP contribution in [-0.2, 0) is 0 Å². The number of aromatic amines is 1. The second-order valence-electron chi connectivity index (χ2n) is 4.33. The molecular weight excluding hydrogens is 229 g/mol. The summed E-state index contributed by atoms with van der Waals surface area (Å²) in [7, 11) is 1.89. The lowest BCUT2D eigenvalue weighted by atomic mass is 10.1. The third-order valence-electron chi connectivity index (χ3n) is 3.03. The predicted octanol–water partition coefficient (Wildman–Crippen LogP) is -0.352. The lowest BCUT2D eigenvalue weighted by Crippen LogP contribution is -2.41. The molecule has 0 aliphatic carbocycles. The van der Waals surface area contributed by atoms with Crippen molar-refractivity contribution in [2.75, 3.05) is 20.1 Å². The van der Waals surface area contributed by atoms with E-state index in [2.05, 4.69) is 0 Å². The van der Waals surface area contributed by atoms with E-state index < -0.39 is 22.9 Å². The molecule has 1 atom stereocenters. The fourth-order valence-corrected chi connectivity index (χ4v) is 2.20. The van der Waals surface area contributed by atoms with Gasteiger partial charge in [-0.3, -0.25) is 14.3 Å². The second-order valence-corrected chi connectivity index (χ2v) is 4.33. The Balaban J connectivity index is 2.48. The summed E-state index contributed by atoms with van der Waals surface area (Å²) in [6.45, 7) is 1.44. The van der Waals surface area contributed by atoms with Crippen molar-refractivity contribution in [1.82, 2.24) is 14.5 Å². The van der Waals surface area contributed by atoms with Crippen LogP contribution in [-0.4, -0.2) is 39.7 Å². The van der Waals surface area contributed by atoms with E-state index in [0.29, 0.717) is 13.0 Å². The van der Waals surface area contributed by atoms with Crippen LogP contribution in [0.4, 0.5) is 4.39 Å². The van der Waals surface area contributed by atoms with Crippen molar-refractivity contribution in [2.24, 2.45) is 0 Å². The Hall–Kier alpha value is -1.63. The maximum Gasteiger partial charge on any atom is 0.331 e. The van der Waals surface area contributed by atoms with Crippen molar-refractivity contribution in [1.29, 1.82) is 0 Å². The molecule has 6 nitrogen and oxygen atoms in total. The van der Waals surface area contributed by atoms with Crippen molar-refractivity contribution in [2.45, 2.75) is 18.9 Å². The van der Waals surface area contributed by atoms with Crippen molar-refractivity contribution >= 4 is 0 Å². The number of aromatic nitrogens is 2. The van der Waals surface area contributed by atoms with E-state index in [4.69, 9.17) is 0 Å². The molecule has 1 fully saturated rings. The summed E-state index contributed by atoms with van der Waals surface area (Å²) >= 11 is 0. The number of nitrogens with one attached hydrogen (secondary N) is 1. The van der Waals surface area contributed by atoms with Crippen LogP contribution in [0.15, 0.2) is 9.59 Å². The predicted molar refractivity (Wildman–Crippen MR) is 58.7 cm³/mol. The van der Waals surface area contributed by atoms with Crippen molar-refractivity contribution in [3.8, 4) is 5.88 Å². The molecule has 7 heteroatoms. The molecule has 0 bridgehead atoms. The minimum atomic E-state index is -1.31. The molecule has 1 saturated heterocycles. The first-order valence-corrected chi connectivity index (χ1v) is 5.42. The van der Waals surface area contributed by atoms with Gasteiger partial charge < -0.3 is 10.0 Å². The number of piperidine rings is 1. The number of likely N-dealkylation sites (N-methyl/N-ethyl adjacent to an activating group) is 1. The highest BCUT2D eigenvalue weighted by Gasteiger charge is 2.24. The van der Waals surface area contributed by atoms with Crippen molar-refractivity contribution < 1.29 is 9.50 Å². The van der Waals surface area contributed by atoms with Crippen molar-refractivity contribution in [3.63, 3.8) is 0 Å². The number of hydrogen-bond acceptors (Lipinski definition) is 4. The zero-order valence-electron chi connectivity index (χ0n) is 9.44. The third kappa shape index (κ3) is 2.10. The summed E-state index contributed by atoms with van der Waals surface area (Å²) in [5.41, 5.74) is -1.96. The average molecular weight is 243 g/mol. The molecule has 0 aromatic carbocycles. The van der Waals surface area contributed by atoms with Gasteiger partial charge in [-0.2, -0.15) is 4.39 Å². The smallest absolute Gasteiger partial charge is 0.331 e. The SMILES string of the molecule is CN1CCCC(n2c(O)c(F)c(=O)[nH]c2=O)C1. The molecule has 1 aliphatic rings. The number of nitrogens with zero attached hydrogens (tertiary/aromatic N) is 2. The molecule has 1 aromatic rings. The Bertz CT molecular complexity index is 537. The maximum absolute atomic E-state index is 13.3. The first-order chi connectivity index (χ1) is 8.00. The summed E-state index contributed by atoms with van der Waals surface area (Å²) in [6, 6.07) is -0.312. The Kier molecular flexibility index (Phi) is 3.01. The van der Waals surface area contributed by atoms with Gasteiger partial charge in [0.25, 0.3) is 5.56 Å². The molecule has 1 unspecified atom stereocenters. The molecule has 0 amide bonds. The molecule has 1 aliphatic heterocycles. The molecule has 94 valence electrons. The van der Waals surface area contributed by atoms with Crippen LogP contribution < -0.4 is 11.2 Å². The zero-order valence-corrected chi connectivity index (χ0v) is 9.44. The summed E-state index contributed by atoms with van der Waals surface area (Å²) < 4.78 is 14.2. The zero-order chi connectivity index (χ0) is 12.6. The van der Waals surface area contributed by atoms with E-state index in [-0.39, 0.29) is 6.04 Å². The lowest BCUT2D eigenvalue weighted by Gasteiger charge is -2.30. The Morgan fingerprint density at radius 2 is 2.18 bits per heavy atom. The average Bonchev–Trinajstić information content (AvgIpc) is 2.26. The van der Waals surface area contributed by atoms with Gasteiger partial charge in [0, 0.05) is 6.54 Å². The first-order valence-electron chi connectivity index (χ1n) is 5.42. The summed E-state index contributed by atoms with van der Waals surface area (Å²) in [6.07, 6.45) is 1.52. The van der Waals surface area contributed by atoms with E-state index >= 15 is 0 Å².